The van der Waals surface area contributed by atoms with E-state index in [2.05, 4.69) is 13.8 Å². The van der Waals surface area contributed by atoms with Gasteiger partial charge in [0.15, 0.2) is 0 Å². The molecule has 0 aromatic heterocycles. The van der Waals surface area contributed by atoms with Gasteiger partial charge in [-0.15, -0.1) is 0 Å². The van der Waals surface area contributed by atoms with E-state index < -0.39 is 11.9 Å². The molecule has 1 aromatic rings. The predicted molar refractivity (Wildman–Crippen MR) is 77.7 cm³/mol. The van der Waals surface area contributed by atoms with Gasteiger partial charge >= 0.3 is 5.97 Å². The Morgan fingerprint density at radius 3 is 2.70 bits per heavy atom. The maximum Gasteiger partial charge on any atom is 0.308 e. The minimum atomic E-state index is -0.832. The van der Waals surface area contributed by atoms with Crippen LogP contribution in [-0.4, -0.2) is 23.5 Å². The third-order valence-electron chi connectivity index (χ3n) is 3.74. The lowest BCUT2D eigenvalue weighted by molar-refractivity contribution is -0.141. The number of carboxylic acids is 1. The van der Waals surface area contributed by atoms with Gasteiger partial charge < -0.3 is 10.0 Å². The molecule has 20 heavy (non-hydrogen) atoms. The van der Waals surface area contributed by atoms with E-state index in [1.54, 1.807) is 4.90 Å². The van der Waals surface area contributed by atoms with E-state index in [1.807, 2.05) is 24.3 Å². The van der Waals surface area contributed by atoms with Crippen molar-refractivity contribution >= 4 is 17.6 Å². The first kappa shape index (κ1) is 14.6. The first-order valence-electron chi connectivity index (χ1n) is 7.10. The van der Waals surface area contributed by atoms with Crippen LogP contribution in [0.15, 0.2) is 24.3 Å². The summed E-state index contributed by atoms with van der Waals surface area (Å²) < 4.78 is 0. The zero-order valence-corrected chi connectivity index (χ0v) is 12.0. The quantitative estimate of drug-likeness (QED) is 0.919. The molecule has 0 saturated carbocycles. The van der Waals surface area contributed by atoms with Crippen molar-refractivity contribution in [3.8, 4) is 0 Å². The lowest BCUT2D eigenvalue weighted by Crippen LogP contribution is -2.42. The lowest BCUT2D eigenvalue weighted by atomic mass is 9.92. The van der Waals surface area contributed by atoms with Gasteiger partial charge in [0, 0.05) is 18.7 Å². The first-order chi connectivity index (χ1) is 9.49. The molecule has 0 spiro atoms. The molecule has 0 fully saturated rings. The number of hydrogen-bond acceptors (Lipinski definition) is 2. The Balaban J connectivity index is 2.22. The summed E-state index contributed by atoms with van der Waals surface area (Å²) in [6, 6.07) is 7.59. The number of para-hydroxylation sites is 1. The van der Waals surface area contributed by atoms with Crippen LogP contribution in [0.5, 0.6) is 0 Å². The predicted octanol–water partition coefficient (Wildman–Crippen LogP) is 2.71. The van der Waals surface area contributed by atoms with Crippen molar-refractivity contribution in [1.29, 1.82) is 0 Å². The molecule has 0 saturated heterocycles. The molecule has 1 aliphatic heterocycles. The highest BCUT2D eigenvalue weighted by Gasteiger charge is 2.31. The molecule has 0 radical (unpaired) electrons. The average Bonchev–Trinajstić information content (AvgIpc) is 2.43. The molecule has 0 aliphatic carbocycles. The Morgan fingerprint density at radius 1 is 1.35 bits per heavy atom. The fourth-order valence-corrected chi connectivity index (χ4v) is 2.54. The molecule has 1 aromatic carbocycles. The molecule has 1 N–H and O–H groups in total. The van der Waals surface area contributed by atoms with Crippen molar-refractivity contribution in [1.82, 2.24) is 0 Å². The average molecular weight is 275 g/mol. The molecule has 2 rings (SSSR count). The van der Waals surface area contributed by atoms with Crippen LogP contribution in [0.3, 0.4) is 0 Å². The summed E-state index contributed by atoms with van der Waals surface area (Å²) in [6.45, 7) is 4.44. The third-order valence-corrected chi connectivity index (χ3v) is 3.74. The highest BCUT2D eigenvalue weighted by molar-refractivity contribution is 5.95. The monoisotopic (exact) mass is 275 g/mol. The highest BCUT2D eigenvalue weighted by Crippen LogP contribution is 2.30. The van der Waals surface area contributed by atoms with Gasteiger partial charge in [-0.05, 0) is 30.4 Å². The molecule has 1 unspecified atom stereocenters. The molecular formula is C16H21NO3. The maximum absolute atomic E-state index is 12.4. The molecular weight excluding hydrogens is 254 g/mol. The Bertz CT molecular complexity index is 510. The molecule has 1 atom stereocenters. The van der Waals surface area contributed by atoms with E-state index >= 15 is 0 Å². The van der Waals surface area contributed by atoms with Crippen LogP contribution in [0.25, 0.3) is 0 Å². The van der Waals surface area contributed by atoms with Gasteiger partial charge in [0.1, 0.15) is 0 Å². The van der Waals surface area contributed by atoms with E-state index in [-0.39, 0.29) is 12.5 Å². The number of anilines is 1. The van der Waals surface area contributed by atoms with Crippen LogP contribution in [-0.2, 0) is 16.0 Å². The van der Waals surface area contributed by atoms with E-state index in [4.69, 9.17) is 0 Å². The van der Waals surface area contributed by atoms with Crippen LogP contribution < -0.4 is 4.90 Å². The van der Waals surface area contributed by atoms with Crippen molar-refractivity contribution in [2.45, 2.75) is 33.1 Å². The molecule has 4 nitrogen and oxygen atoms in total. The fourth-order valence-electron chi connectivity index (χ4n) is 2.54. The van der Waals surface area contributed by atoms with E-state index in [1.165, 1.54) is 0 Å². The van der Waals surface area contributed by atoms with Gasteiger partial charge in [-0.1, -0.05) is 32.0 Å². The molecule has 1 amide bonds. The van der Waals surface area contributed by atoms with Gasteiger partial charge in [0.25, 0.3) is 0 Å². The highest BCUT2D eigenvalue weighted by atomic mass is 16.4. The third kappa shape index (κ3) is 3.18. The Hall–Kier alpha value is -1.84. The van der Waals surface area contributed by atoms with E-state index in [0.717, 1.165) is 17.7 Å². The largest absolute Gasteiger partial charge is 0.481 e. The fraction of sp³-hybridized carbons (Fsp3) is 0.500. The van der Waals surface area contributed by atoms with Crippen molar-refractivity contribution in [2.75, 3.05) is 11.4 Å². The van der Waals surface area contributed by atoms with Crippen LogP contribution in [0, 0.1) is 11.8 Å². The standard InChI is InChI=1S/C16H21NO3/c1-11(2)7-8-15(18)17-10-13(16(19)20)9-12-5-3-4-6-14(12)17/h3-6,11,13H,7-10H2,1-2H3,(H,19,20). The van der Waals surface area contributed by atoms with Gasteiger partial charge in [-0.3, -0.25) is 9.59 Å². The number of carboxylic acid groups (broad SMARTS) is 1. The van der Waals surface area contributed by atoms with Crippen LogP contribution >= 0.6 is 0 Å². The summed E-state index contributed by atoms with van der Waals surface area (Å²) in [6.07, 6.45) is 1.80. The first-order valence-corrected chi connectivity index (χ1v) is 7.10. The van der Waals surface area contributed by atoms with Crippen molar-refractivity contribution in [3.05, 3.63) is 29.8 Å². The molecule has 1 aliphatic rings. The normalized spacial score (nSPS) is 17.9. The van der Waals surface area contributed by atoms with Crippen LogP contribution in [0.2, 0.25) is 0 Å². The smallest absolute Gasteiger partial charge is 0.308 e. The van der Waals surface area contributed by atoms with Crippen molar-refractivity contribution in [2.24, 2.45) is 11.8 Å². The SMILES string of the molecule is CC(C)CCC(=O)N1CC(C(=O)O)Cc2ccccc21. The second-order valence-electron chi connectivity index (χ2n) is 5.80. The van der Waals surface area contributed by atoms with Gasteiger partial charge in [0.2, 0.25) is 5.91 Å². The van der Waals surface area contributed by atoms with Crippen LogP contribution in [0.4, 0.5) is 5.69 Å². The summed E-state index contributed by atoms with van der Waals surface area (Å²) in [5.74, 6) is -0.847. The zero-order valence-electron chi connectivity index (χ0n) is 12.0. The minimum Gasteiger partial charge on any atom is -0.481 e. The number of carbonyl (C=O) groups is 2. The lowest BCUT2D eigenvalue weighted by Gasteiger charge is -2.33. The molecule has 1 heterocycles. The van der Waals surface area contributed by atoms with E-state index in [0.29, 0.717) is 18.8 Å². The Morgan fingerprint density at radius 2 is 2.05 bits per heavy atom. The Kier molecular flexibility index (Phi) is 4.42. The number of nitrogens with zero attached hydrogens (tertiary/aromatic N) is 1. The molecule has 0 bridgehead atoms. The van der Waals surface area contributed by atoms with Crippen molar-refractivity contribution < 1.29 is 14.7 Å². The van der Waals surface area contributed by atoms with E-state index in [9.17, 15) is 14.7 Å². The number of amides is 1. The topological polar surface area (TPSA) is 57.6 Å². The number of carbonyl (C=O) groups excluding carboxylic acids is 1. The van der Waals surface area contributed by atoms with Gasteiger partial charge in [-0.2, -0.15) is 0 Å². The van der Waals surface area contributed by atoms with Crippen molar-refractivity contribution in [3.63, 3.8) is 0 Å². The Labute approximate surface area is 119 Å². The summed E-state index contributed by atoms with van der Waals surface area (Å²) in [5, 5.41) is 9.24. The second kappa shape index (κ2) is 6.07. The minimum absolute atomic E-state index is 0.0251. The zero-order chi connectivity index (χ0) is 14.7. The maximum atomic E-state index is 12.4. The summed E-state index contributed by atoms with van der Waals surface area (Å²) >= 11 is 0. The van der Waals surface area contributed by atoms with Crippen LogP contribution in [0.1, 0.15) is 32.3 Å². The molecule has 4 heteroatoms. The summed E-state index contributed by atoms with van der Waals surface area (Å²) in [5.41, 5.74) is 1.82. The summed E-state index contributed by atoms with van der Waals surface area (Å²) in [7, 11) is 0. The molecule has 108 valence electrons. The number of benzene rings is 1. The summed E-state index contributed by atoms with van der Waals surface area (Å²) in [4.78, 5) is 25.3. The second-order valence-corrected chi connectivity index (χ2v) is 5.80. The number of hydrogen-bond donors (Lipinski definition) is 1. The van der Waals surface area contributed by atoms with Gasteiger partial charge in [-0.25, -0.2) is 0 Å². The van der Waals surface area contributed by atoms with Gasteiger partial charge in [0.05, 0.1) is 5.92 Å². The number of aliphatic carboxylic acids is 1. The number of rotatable bonds is 4. The number of fused-ring (bicyclic) bond motifs is 1.